The first kappa shape index (κ1) is 16.2. The van der Waals surface area contributed by atoms with Crippen LogP contribution in [0.15, 0.2) is 18.2 Å². The lowest BCUT2D eigenvalue weighted by molar-refractivity contribution is 0.475. The highest BCUT2D eigenvalue weighted by Crippen LogP contribution is 2.23. The third-order valence-corrected chi connectivity index (χ3v) is 3.86. The van der Waals surface area contributed by atoms with Crippen molar-refractivity contribution in [2.24, 2.45) is 5.84 Å². The summed E-state index contributed by atoms with van der Waals surface area (Å²) < 4.78 is 0. The van der Waals surface area contributed by atoms with Crippen molar-refractivity contribution >= 4 is 0 Å². The minimum absolute atomic E-state index is 0.297. The monoisotopic (exact) mass is 262 g/mol. The maximum Gasteiger partial charge on any atom is 0.0462 e. The van der Waals surface area contributed by atoms with E-state index in [4.69, 9.17) is 5.84 Å². The van der Waals surface area contributed by atoms with Crippen LogP contribution in [0.25, 0.3) is 0 Å². The lowest BCUT2D eigenvalue weighted by Crippen LogP contribution is -2.28. The topological polar surface area (TPSA) is 38.0 Å². The summed E-state index contributed by atoms with van der Waals surface area (Å²) >= 11 is 0. The Morgan fingerprint density at radius 3 is 2.42 bits per heavy atom. The smallest absolute Gasteiger partial charge is 0.0462 e. The van der Waals surface area contributed by atoms with Gasteiger partial charge in [0.25, 0.3) is 0 Å². The molecule has 0 amide bonds. The van der Waals surface area contributed by atoms with Crippen LogP contribution >= 0.6 is 0 Å². The summed E-state index contributed by atoms with van der Waals surface area (Å²) in [5.41, 5.74) is 6.99. The fourth-order valence-electron chi connectivity index (χ4n) is 2.59. The summed E-state index contributed by atoms with van der Waals surface area (Å²) in [6.07, 6.45) is 9.13. The van der Waals surface area contributed by atoms with E-state index >= 15 is 0 Å². The maximum absolute atomic E-state index is 5.74. The molecule has 1 atom stereocenters. The van der Waals surface area contributed by atoms with Gasteiger partial charge in [-0.2, -0.15) is 0 Å². The molecule has 0 saturated carbocycles. The van der Waals surface area contributed by atoms with Crippen LogP contribution in [0.5, 0.6) is 0 Å². The molecule has 108 valence electrons. The summed E-state index contributed by atoms with van der Waals surface area (Å²) in [4.78, 5) is 0. The number of unbranched alkanes of at least 4 members (excludes halogenated alkanes) is 5. The largest absolute Gasteiger partial charge is 0.271 e. The van der Waals surface area contributed by atoms with Gasteiger partial charge in [0, 0.05) is 6.04 Å². The summed E-state index contributed by atoms with van der Waals surface area (Å²) in [6.45, 7) is 6.57. The highest BCUT2D eigenvalue weighted by molar-refractivity contribution is 5.32. The lowest BCUT2D eigenvalue weighted by Gasteiger charge is -2.19. The van der Waals surface area contributed by atoms with Gasteiger partial charge in [-0.3, -0.25) is 11.3 Å². The Morgan fingerprint density at radius 1 is 1.05 bits per heavy atom. The Labute approximate surface area is 118 Å². The molecule has 2 heteroatoms. The molecule has 0 radical (unpaired) electrons. The third-order valence-electron chi connectivity index (χ3n) is 3.86. The highest BCUT2D eigenvalue weighted by atomic mass is 15.2. The Balaban J connectivity index is 2.42. The van der Waals surface area contributed by atoms with Crippen LogP contribution in [0.2, 0.25) is 0 Å². The predicted molar refractivity (Wildman–Crippen MR) is 84.0 cm³/mol. The molecule has 0 saturated heterocycles. The summed E-state index contributed by atoms with van der Waals surface area (Å²) in [5, 5.41) is 0. The highest BCUT2D eigenvalue weighted by Gasteiger charge is 2.11. The number of hydrogen-bond acceptors (Lipinski definition) is 2. The fraction of sp³-hybridized carbons (Fsp3) is 0.647. The fourth-order valence-corrected chi connectivity index (χ4v) is 2.59. The molecule has 1 aromatic carbocycles. The SMILES string of the molecule is CCCCCCCCC(NN)c1cc(C)ccc1C. The number of hydrogen-bond donors (Lipinski definition) is 2. The lowest BCUT2D eigenvalue weighted by atomic mass is 9.95. The van der Waals surface area contributed by atoms with Crippen LogP contribution in [0.4, 0.5) is 0 Å². The molecule has 3 N–H and O–H groups in total. The standard InChI is InChI=1S/C17H30N2/c1-4-5-6-7-8-9-10-17(19-18)16-13-14(2)11-12-15(16)3/h11-13,17,19H,4-10,18H2,1-3H3. The molecule has 1 rings (SSSR count). The van der Waals surface area contributed by atoms with Gasteiger partial charge in [-0.05, 0) is 31.4 Å². The van der Waals surface area contributed by atoms with Gasteiger partial charge in [0.05, 0.1) is 0 Å². The van der Waals surface area contributed by atoms with Crippen molar-refractivity contribution in [2.45, 2.75) is 71.8 Å². The van der Waals surface area contributed by atoms with Gasteiger partial charge in [0.2, 0.25) is 0 Å². The number of hydrazine groups is 1. The molecule has 0 aromatic heterocycles. The molecule has 0 aliphatic carbocycles. The Kier molecular flexibility index (Phi) is 7.76. The van der Waals surface area contributed by atoms with Crippen molar-refractivity contribution in [1.82, 2.24) is 5.43 Å². The first-order chi connectivity index (χ1) is 9.19. The van der Waals surface area contributed by atoms with E-state index in [0.29, 0.717) is 6.04 Å². The van der Waals surface area contributed by atoms with Gasteiger partial charge >= 0.3 is 0 Å². The van der Waals surface area contributed by atoms with Crippen molar-refractivity contribution in [1.29, 1.82) is 0 Å². The van der Waals surface area contributed by atoms with E-state index in [2.05, 4.69) is 44.4 Å². The number of benzene rings is 1. The molecular weight excluding hydrogens is 232 g/mol. The average Bonchev–Trinajstić information content (AvgIpc) is 2.41. The van der Waals surface area contributed by atoms with Crippen molar-refractivity contribution in [3.05, 3.63) is 34.9 Å². The van der Waals surface area contributed by atoms with Crippen LogP contribution in [0.1, 0.15) is 74.6 Å². The zero-order valence-electron chi connectivity index (χ0n) is 12.8. The molecular formula is C17H30N2. The zero-order chi connectivity index (χ0) is 14.1. The molecule has 0 heterocycles. The van der Waals surface area contributed by atoms with E-state index in [0.717, 1.165) is 6.42 Å². The van der Waals surface area contributed by atoms with Crippen molar-refractivity contribution < 1.29 is 0 Å². The molecule has 0 fully saturated rings. The summed E-state index contributed by atoms with van der Waals surface area (Å²) in [5.74, 6) is 5.74. The molecule has 1 aromatic rings. The van der Waals surface area contributed by atoms with Gasteiger partial charge < -0.3 is 0 Å². The molecule has 0 bridgehead atoms. The van der Waals surface area contributed by atoms with Crippen molar-refractivity contribution in [3.8, 4) is 0 Å². The Hall–Kier alpha value is -0.860. The van der Waals surface area contributed by atoms with E-state index < -0.39 is 0 Å². The van der Waals surface area contributed by atoms with Gasteiger partial charge in [-0.1, -0.05) is 69.2 Å². The molecule has 0 spiro atoms. The minimum atomic E-state index is 0.297. The molecule has 2 nitrogen and oxygen atoms in total. The number of rotatable bonds is 9. The third kappa shape index (κ3) is 5.75. The van der Waals surface area contributed by atoms with E-state index in [1.165, 1.54) is 55.2 Å². The average molecular weight is 262 g/mol. The van der Waals surface area contributed by atoms with E-state index in [1.54, 1.807) is 0 Å². The molecule has 19 heavy (non-hydrogen) atoms. The number of aryl methyl sites for hydroxylation is 2. The molecule has 0 aliphatic heterocycles. The number of nitrogens with two attached hydrogens (primary N) is 1. The Bertz CT molecular complexity index is 360. The van der Waals surface area contributed by atoms with Crippen LogP contribution in [0.3, 0.4) is 0 Å². The molecule has 1 unspecified atom stereocenters. The Morgan fingerprint density at radius 2 is 1.74 bits per heavy atom. The predicted octanol–water partition coefficient (Wildman–Crippen LogP) is 4.56. The van der Waals surface area contributed by atoms with E-state index in [-0.39, 0.29) is 0 Å². The first-order valence-corrected chi connectivity index (χ1v) is 7.72. The summed E-state index contributed by atoms with van der Waals surface area (Å²) in [7, 11) is 0. The first-order valence-electron chi connectivity index (χ1n) is 7.72. The second-order valence-corrected chi connectivity index (χ2v) is 5.64. The minimum Gasteiger partial charge on any atom is -0.271 e. The maximum atomic E-state index is 5.74. The van der Waals surface area contributed by atoms with Gasteiger partial charge in [0.15, 0.2) is 0 Å². The van der Waals surface area contributed by atoms with Crippen LogP contribution in [-0.2, 0) is 0 Å². The van der Waals surface area contributed by atoms with E-state index in [1.807, 2.05) is 0 Å². The van der Waals surface area contributed by atoms with Gasteiger partial charge in [-0.15, -0.1) is 0 Å². The number of nitrogens with one attached hydrogen (secondary N) is 1. The quantitative estimate of drug-likeness (QED) is 0.389. The summed E-state index contributed by atoms with van der Waals surface area (Å²) in [6, 6.07) is 6.91. The van der Waals surface area contributed by atoms with Crippen LogP contribution in [-0.4, -0.2) is 0 Å². The van der Waals surface area contributed by atoms with Gasteiger partial charge in [-0.25, -0.2) is 0 Å². The van der Waals surface area contributed by atoms with Crippen molar-refractivity contribution in [2.75, 3.05) is 0 Å². The zero-order valence-corrected chi connectivity index (χ0v) is 12.8. The van der Waals surface area contributed by atoms with E-state index in [9.17, 15) is 0 Å². The second-order valence-electron chi connectivity index (χ2n) is 5.64. The van der Waals surface area contributed by atoms with Crippen LogP contribution < -0.4 is 11.3 Å². The van der Waals surface area contributed by atoms with Gasteiger partial charge in [0.1, 0.15) is 0 Å². The molecule has 0 aliphatic rings. The normalized spacial score (nSPS) is 12.6. The van der Waals surface area contributed by atoms with Crippen LogP contribution in [0, 0.1) is 13.8 Å². The van der Waals surface area contributed by atoms with Crippen molar-refractivity contribution in [3.63, 3.8) is 0 Å². The second kappa shape index (κ2) is 9.11.